The molecular formula is C24H22F2N4O4S. The molecule has 0 aliphatic heterocycles. The van der Waals surface area contributed by atoms with Gasteiger partial charge in [0.05, 0.1) is 25.5 Å². The number of methoxy groups -OCH3 is 2. The standard InChI is InChI=1S/C24H22F2N4O4S/c1-4-9-35(32)30-18-7-6-17(25)20(21(18)26)22(31)16-12-28-23-15(16)10-13(11-27-23)14-5-8-19(33-2)29-24(14)34-3/h5-8,10-12,30H,4,9H2,1-3H3,(H,27,28). The number of hydrogen-bond acceptors (Lipinski definition) is 6. The number of pyridine rings is 2. The van der Waals surface area contributed by atoms with Crippen LogP contribution in [0, 0.1) is 11.6 Å². The SMILES string of the molecule is CCCS(=O)Nc1ccc(F)c(C(=O)c2c[nH]c3ncc(-c4ccc(OC)nc4OC)cc23)c1F. The lowest BCUT2D eigenvalue weighted by atomic mass is 10.00. The van der Waals surface area contributed by atoms with Gasteiger partial charge in [-0.3, -0.25) is 4.79 Å². The molecule has 1 unspecified atom stereocenters. The van der Waals surface area contributed by atoms with Crippen LogP contribution in [0.25, 0.3) is 22.2 Å². The Morgan fingerprint density at radius 2 is 1.97 bits per heavy atom. The maximum Gasteiger partial charge on any atom is 0.224 e. The fourth-order valence-electron chi connectivity index (χ4n) is 3.58. The number of nitrogens with one attached hydrogen (secondary N) is 2. The molecule has 0 saturated carbocycles. The Balaban J connectivity index is 1.78. The van der Waals surface area contributed by atoms with Crippen LogP contribution in [0.4, 0.5) is 14.5 Å². The summed E-state index contributed by atoms with van der Waals surface area (Å²) in [5.74, 6) is -2.10. The number of carbonyl (C=O) groups is 1. The fraction of sp³-hybridized carbons (Fsp3) is 0.208. The first-order valence-electron chi connectivity index (χ1n) is 10.6. The number of ketones is 1. The van der Waals surface area contributed by atoms with E-state index in [2.05, 4.69) is 19.7 Å². The number of fused-ring (bicyclic) bond motifs is 1. The minimum atomic E-state index is -1.57. The fourth-order valence-corrected chi connectivity index (χ4v) is 4.46. The van der Waals surface area contributed by atoms with Crippen LogP contribution in [0.1, 0.15) is 29.3 Å². The molecule has 1 atom stereocenters. The van der Waals surface area contributed by atoms with Crippen LogP contribution in [-0.4, -0.2) is 44.9 Å². The highest BCUT2D eigenvalue weighted by atomic mass is 32.2. The Morgan fingerprint density at radius 1 is 1.17 bits per heavy atom. The van der Waals surface area contributed by atoms with E-state index in [1.165, 1.54) is 20.4 Å². The Bertz CT molecular complexity index is 1440. The predicted molar refractivity (Wildman–Crippen MR) is 129 cm³/mol. The molecule has 4 aromatic rings. The quantitative estimate of drug-likeness (QED) is 0.325. The lowest BCUT2D eigenvalue weighted by molar-refractivity contribution is 0.103. The van der Waals surface area contributed by atoms with E-state index in [1.54, 1.807) is 24.4 Å². The van der Waals surface area contributed by atoms with Crippen molar-refractivity contribution in [1.29, 1.82) is 0 Å². The number of H-pyrrole nitrogens is 1. The van der Waals surface area contributed by atoms with Gasteiger partial charge in [-0.1, -0.05) is 6.92 Å². The van der Waals surface area contributed by atoms with Crippen molar-refractivity contribution in [2.45, 2.75) is 13.3 Å². The van der Waals surface area contributed by atoms with E-state index in [0.717, 1.165) is 12.1 Å². The maximum atomic E-state index is 15.2. The molecule has 182 valence electrons. The van der Waals surface area contributed by atoms with Crippen LogP contribution in [0.2, 0.25) is 0 Å². The first-order valence-corrected chi connectivity index (χ1v) is 11.9. The Kier molecular flexibility index (Phi) is 7.06. The summed E-state index contributed by atoms with van der Waals surface area (Å²) in [6.45, 7) is 1.83. The Hall–Kier alpha value is -3.86. The number of rotatable bonds is 9. The molecule has 3 aromatic heterocycles. The number of benzene rings is 1. The van der Waals surface area contributed by atoms with Gasteiger partial charge in [-0.25, -0.2) is 18.0 Å². The first-order chi connectivity index (χ1) is 16.9. The highest BCUT2D eigenvalue weighted by molar-refractivity contribution is 7.86. The summed E-state index contributed by atoms with van der Waals surface area (Å²) in [5, 5.41) is 0.358. The number of nitrogens with zero attached hydrogens (tertiary/aromatic N) is 2. The molecule has 3 heterocycles. The van der Waals surface area contributed by atoms with Gasteiger partial charge in [-0.05, 0) is 30.7 Å². The largest absolute Gasteiger partial charge is 0.481 e. The van der Waals surface area contributed by atoms with E-state index in [4.69, 9.17) is 9.47 Å². The van der Waals surface area contributed by atoms with Crippen LogP contribution in [0.15, 0.2) is 42.7 Å². The number of hydrogen-bond donors (Lipinski definition) is 2. The summed E-state index contributed by atoms with van der Waals surface area (Å²) in [6, 6.07) is 7.12. The molecule has 0 spiro atoms. The topological polar surface area (TPSA) is 106 Å². The maximum absolute atomic E-state index is 15.2. The molecule has 1 aromatic carbocycles. The summed E-state index contributed by atoms with van der Waals surface area (Å²) in [4.78, 5) is 24.7. The molecule has 0 fully saturated rings. The number of aromatic amines is 1. The van der Waals surface area contributed by atoms with Crippen molar-refractivity contribution in [3.05, 3.63) is 65.5 Å². The molecule has 2 N–H and O–H groups in total. The molecule has 0 saturated heterocycles. The average Bonchev–Trinajstić information content (AvgIpc) is 3.28. The highest BCUT2D eigenvalue weighted by Crippen LogP contribution is 2.33. The van der Waals surface area contributed by atoms with E-state index in [9.17, 15) is 13.4 Å². The van der Waals surface area contributed by atoms with E-state index in [0.29, 0.717) is 34.5 Å². The second kappa shape index (κ2) is 10.2. The monoisotopic (exact) mass is 500 g/mol. The van der Waals surface area contributed by atoms with E-state index in [-0.39, 0.29) is 22.9 Å². The number of ether oxygens (including phenoxy) is 2. The number of aromatic nitrogens is 3. The lowest BCUT2D eigenvalue weighted by Gasteiger charge is -2.11. The van der Waals surface area contributed by atoms with E-state index < -0.39 is 34.0 Å². The third kappa shape index (κ3) is 4.72. The van der Waals surface area contributed by atoms with Crippen molar-refractivity contribution >= 4 is 33.5 Å². The van der Waals surface area contributed by atoms with Gasteiger partial charge in [0.1, 0.15) is 22.5 Å². The van der Waals surface area contributed by atoms with Gasteiger partial charge in [-0.2, -0.15) is 4.98 Å². The summed E-state index contributed by atoms with van der Waals surface area (Å²) in [7, 11) is 1.38. The van der Waals surface area contributed by atoms with Gasteiger partial charge in [0.15, 0.2) is 5.82 Å². The highest BCUT2D eigenvalue weighted by Gasteiger charge is 2.25. The van der Waals surface area contributed by atoms with Crippen molar-refractivity contribution in [2.24, 2.45) is 0 Å². The predicted octanol–water partition coefficient (Wildman–Crippen LogP) is 4.64. The number of carbonyl (C=O) groups excluding carboxylic acids is 1. The van der Waals surface area contributed by atoms with Crippen LogP contribution in [-0.2, 0) is 11.0 Å². The van der Waals surface area contributed by atoms with Crippen molar-refractivity contribution < 1.29 is 27.3 Å². The molecule has 8 nitrogen and oxygen atoms in total. The van der Waals surface area contributed by atoms with Gasteiger partial charge >= 0.3 is 0 Å². The van der Waals surface area contributed by atoms with Crippen LogP contribution < -0.4 is 14.2 Å². The van der Waals surface area contributed by atoms with Gasteiger partial charge in [-0.15, -0.1) is 0 Å². The second-order valence-corrected chi connectivity index (χ2v) is 8.80. The molecule has 0 amide bonds. The zero-order valence-electron chi connectivity index (χ0n) is 19.1. The van der Waals surface area contributed by atoms with Crippen molar-refractivity contribution in [3.63, 3.8) is 0 Å². The average molecular weight is 501 g/mol. The first kappa shape index (κ1) is 24.3. The summed E-state index contributed by atoms with van der Waals surface area (Å²) in [5.41, 5.74) is 0.581. The van der Waals surface area contributed by atoms with Gasteiger partial charge in [0.2, 0.25) is 17.5 Å². The van der Waals surface area contributed by atoms with Crippen LogP contribution in [0.3, 0.4) is 0 Å². The number of anilines is 1. The summed E-state index contributed by atoms with van der Waals surface area (Å²) >= 11 is 0. The Morgan fingerprint density at radius 3 is 2.69 bits per heavy atom. The molecule has 4 rings (SSSR count). The van der Waals surface area contributed by atoms with Gasteiger partial charge in [0, 0.05) is 46.3 Å². The van der Waals surface area contributed by atoms with Crippen molar-refractivity contribution in [3.8, 4) is 22.9 Å². The summed E-state index contributed by atoms with van der Waals surface area (Å²) in [6.07, 6.45) is 3.52. The second-order valence-electron chi connectivity index (χ2n) is 7.50. The Labute approximate surface area is 202 Å². The van der Waals surface area contributed by atoms with E-state index >= 15 is 4.39 Å². The molecule has 0 aliphatic rings. The zero-order valence-corrected chi connectivity index (χ0v) is 20.0. The lowest BCUT2D eigenvalue weighted by Crippen LogP contribution is -2.13. The summed E-state index contributed by atoms with van der Waals surface area (Å²) < 4.78 is 54.8. The van der Waals surface area contributed by atoms with E-state index in [1.807, 2.05) is 6.92 Å². The van der Waals surface area contributed by atoms with Crippen LogP contribution >= 0.6 is 0 Å². The minimum absolute atomic E-state index is 0.0272. The molecule has 0 bridgehead atoms. The molecule has 35 heavy (non-hydrogen) atoms. The van der Waals surface area contributed by atoms with Gasteiger partial charge in [0.25, 0.3) is 0 Å². The van der Waals surface area contributed by atoms with Crippen molar-refractivity contribution in [1.82, 2.24) is 15.0 Å². The molecule has 0 aliphatic carbocycles. The molecule has 0 radical (unpaired) electrons. The number of halogens is 2. The third-order valence-electron chi connectivity index (χ3n) is 5.26. The third-order valence-corrected chi connectivity index (χ3v) is 6.48. The van der Waals surface area contributed by atoms with Crippen LogP contribution in [0.5, 0.6) is 11.8 Å². The van der Waals surface area contributed by atoms with Crippen molar-refractivity contribution in [2.75, 3.05) is 24.7 Å². The molecule has 11 heteroatoms. The normalized spacial score (nSPS) is 11.9. The minimum Gasteiger partial charge on any atom is -0.481 e. The molecular weight excluding hydrogens is 478 g/mol. The smallest absolute Gasteiger partial charge is 0.224 e. The zero-order chi connectivity index (χ0) is 25.1. The van der Waals surface area contributed by atoms with Gasteiger partial charge < -0.3 is 19.2 Å².